The van der Waals surface area contributed by atoms with Crippen molar-refractivity contribution in [1.82, 2.24) is 15.0 Å². The van der Waals surface area contributed by atoms with Crippen molar-refractivity contribution < 1.29 is 4.79 Å². The first kappa shape index (κ1) is 13.5. The predicted octanol–water partition coefficient (Wildman–Crippen LogP) is 1.11. The van der Waals surface area contributed by atoms with E-state index in [-0.39, 0.29) is 10.6 Å². The highest BCUT2D eigenvalue weighted by Crippen LogP contribution is 2.14. The number of thiazole rings is 1. The number of nitrogens with zero attached hydrogens (tertiary/aromatic N) is 2. The number of hydrogen-bond acceptors (Lipinski definition) is 5. The number of para-hydroxylation sites is 1. The van der Waals surface area contributed by atoms with E-state index in [4.69, 9.17) is 5.84 Å². The summed E-state index contributed by atoms with van der Waals surface area (Å²) in [6, 6.07) is 11.0. The molecule has 7 heteroatoms. The van der Waals surface area contributed by atoms with E-state index in [0.717, 1.165) is 10.9 Å². The molecule has 21 heavy (non-hydrogen) atoms. The van der Waals surface area contributed by atoms with Gasteiger partial charge in [0.25, 0.3) is 11.5 Å². The molecule has 3 rings (SSSR count). The molecule has 106 valence electrons. The van der Waals surface area contributed by atoms with Gasteiger partial charge >= 0.3 is 0 Å². The number of nitrogens with two attached hydrogens (primary N) is 1. The fourth-order valence-corrected chi connectivity index (χ4v) is 2.83. The summed E-state index contributed by atoms with van der Waals surface area (Å²) in [4.78, 5) is 27.7. The number of rotatable bonds is 3. The highest BCUT2D eigenvalue weighted by atomic mass is 32.1. The minimum Gasteiger partial charge on any atom is -0.302 e. The smallest absolute Gasteiger partial charge is 0.294 e. The van der Waals surface area contributed by atoms with Crippen molar-refractivity contribution in [2.75, 3.05) is 0 Å². The molecule has 0 atom stereocenters. The Labute approximate surface area is 123 Å². The minimum atomic E-state index is -0.434. The summed E-state index contributed by atoms with van der Waals surface area (Å²) in [5.74, 6) is 4.64. The normalized spacial score (nSPS) is 10.7. The second-order valence-electron chi connectivity index (χ2n) is 4.43. The first-order chi connectivity index (χ1) is 10.2. The van der Waals surface area contributed by atoms with Gasteiger partial charge in [-0.15, -0.1) is 11.3 Å². The molecule has 1 amide bonds. The molecule has 6 nitrogen and oxygen atoms in total. The number of nitrogens with one attached hydrogen (secondary N) is 1. The topological polar surface area (TPSA) is 90.0 Å². The van der Waals surface area contributed by atoms with E-state index in [1.807, 2.05) is 29.7 Å². The van der Waals surface area contributed by atoms with Crippen LogP contribution in [0, 0.1) is 0 Å². The van der Waals surface area contributed by atoms with E-state index >= 15 is 0 Å². The van der Waals surface area contributed by atoms with Gasteiger partial charge in [-0.1, -0.05) is 18.2 Å². The highest BCUT2D eigenvalue weighted by molar-refractivity contribution is 7.11. The molecular formula is C14H12N4O2S. The van der Waals surface area contributed by atoms with Crippen molar-refractivity contribution in [2.24, 2.45) is 5.84 Å². The maximum Gasteiger partial charge on any atom is 0.294 e. The van der Waals surface area contributed by atoms with Crippen LogP contribution in [-0.2, 0) is 6.54 Å². The van der Waals surface area contributed by atoms with E-state index in [1.54, 1.807) is 16.0 Å². The van der Waals surface area contributed by atoms with Crippen LogP contribution in [0.15, 0.2) is 46.6 Å². The molecule has 0 aliphatic rings. The molecule has 0 unspecified atom stereocenters. The lowest BCUT2D eigenvalue weighted by Crippen LogP contribution is -2.29. The van der Waals surface area contributed by atoms with Crippen molar-refractivity contribution in [3.05, 3.63) is 62.8 Å². The van der Waals surface area contributed by atoms with E-state index < -0.39 is 5.91 Å². The van der Waals surface area contributed by atoms with Crippen LogP contribution in [-0.4, -0.2) is 15.5 Å². The van der Waals surface area contributed by atoms with Gasteiger partial charge in [-0.3, -0.25) is 15.0 Å². The van der Waals surface area contributed by atoms with Crippen LogP contribution in [0.2, 0.25) is 0 Å². The molecule has 0 spiro atoms. The van der Waals surface area contributed by atoms with Gasteiger partial charge in [0.15, 0.2) is 5.01 Å². The highest BCUT2D eigenvalue weighted by Gasteiger charge is 2.11. The van der Waals surface area contributed by atoms with Crippen LogP contribution < -0.4 is 16.8 Å². The number of amides is 1. The van der Waals surface area contributed by atoms with Gasteiger partial charge in [-0.2, -0.15) is 0 Å². The van der Waals surface area contributed by atoms with Gasteiger partial charge < -0.3 is 4.57 Å². The molecule has 2 heterocycles. The van der Waals surface area contributed by atoms with Gasteiger partial charge in [-0.25, -0.2) is 10.8 Å². The van der Waals surface area contributed by atoms with Crippen LogP contribution in [0.4, 0.5) is 0 Å². The standard InChI is InChI=1S/C14H12N4O2S/c15-17-13(20)14-16-10(8-21-14)7-18-11-4-2-1-3-9(11)5-6-12(18)19/h1-6,8H,7,15H2,(H,17,20). The molecule has 0 fully saturated rings. The first-order valence-electron chi connectivity index (χ1n) is 6.23. The lowest BCUT2D eigenvalue weighted by Gasteiger charge is -2.08. The molecule has 3 N–H and O–H groups in total. The fourth-order valence-electron chi connectivity index (χ4n) is 2.11. The molecule has 0 aliphatic carbocycles. The van der Waals surface area contributed by atoms with Crippen molar-refractivity contribution in [3.63, 3.8) is 0 Å². The monoisotopic (exact) mass is 300 g/mol. The maximum atomic E-state index is 12.1. The number of aromatic nitrogens is 2. The fraction of sp³-hybridized carbons (Fsp3) is 0.0714. The number of hydrogen-bond donors (Lipinski definition) is 2. The Kier molecular flexibility index (Phi) is 3.51. The third kappa shape index (κ3) is 2.56. The molecule has 0 saturated carbocycles. The summed E-state index contributed by atoms with van der Waals surface area (Å²) in [5.41, 5.74) is 3.42. The molecule has 0 saturated heterocycles. The van der Waals surface area contributed by atoms with Gasteiger partial charge in [0.05, 0.1) is 17.8 Å². The number of fused-ring (bicyclic) bond motifs is 1. The third-order valence-corrected chi connectivity index (χ3v) is 3.99. The number of nitrogen functional groups attached to an aromatic ring is 1. The third-order valence-electron chi connectivity index (χ3n) is 3.10. The average Bonchev–Trinajstić information content (AvgIpc) is 2.98. The first-order valence-corrected chi connectivity index (χ1v) is 7.11. The number of pyridine rings is 1. The Morgan fingerprint density at radius 2 is 2.10 bits per heavy atom. The molecule has 1 aromatic carbocycles. The second kappa shape index (κ2) is 5.47. The lowest BCUT2D eigenvalue weighted by atomic mass is 10.2. The molecular weight excluding hydrogens is 288 g/mol. The summed E-state index contributed by atoms with van der Waals surface area (Å²) < 4.78 is 1.63. The summed E-state index contributed by atoms with van der Waals surface area (Å²) >= 11 is 1.19. The van der Waals surface area contributed by atoms with E-state index in [2.05, 4.69) is 4.98 Å². The van der Waals surface area contributed by atoms with Crippen LogP contribution in [0.1, 0.15) is 15.5 Å². The number of carbonyl (C=O) groups excluding carboxylic acids is 1. The zero-order valence-corrected chi connectivity index (χ0v) is 11.8. The number of benzene rings is 1. The minimum absolute atomic E-state index is 0.105. The Balaban J connectivity index is 2.02. The van der Waals surface area contributed by atoms with Crippen molar-refractivity contribution in [3.8, 4) is 0 Å². The quantitative estimate of drug-likeness (QED) is 0.431. The van der Waals surface area contributed by atoms with Gasteiger partial charge in [0.2, 0.25) is 0 Å². The van der Waals surface area contributed by atoms with E-state index in [1.165, 1.54) is 17.4 Å². The molecule has 0 bridgehead atoms. The summed E-state index contributed by atoms with van der Waals surface area (Å²) in [6.45, 7) is 0.314. The van der Waals surface area contributed by atoms with E-state index in [0.29, 0.717) is 12.2 Å². The van der Waals surface area contributed by atoms with Crippen LogP contribution in [0.25, 0.3) is 10.9 Å². The molecule has 0 radical (unpaired) electrons. The van der Waals surface area contributed by atoms with Gasteiger partial charge in [-0.05, 0) is 17.5 Å². The number of hydrazine groups is 1. The van der Waals surface area contributed by atoms with E-state index in [9.17, 15) is 9.59 Å². The molecule has 3 aromatic rings. The van der Waals surface area contributed by atoms with Crippen LogP contribution in [0.5, 0.6) is 0 Å². The van der Waals surface area contributed by atoms with Crippen LogP contribution in [0.3, 0.4) is 0 Å². The molecule has 0 aliphatic heterocycles. The Bertz CT molecular complexity index is 869. The zero-order chi connectivity index (χ0) is 14.8. The maximum absolute atomic E-state index is 12.1. The summed E-state index contributed by atoms with van der Waals surface area (Å²) in [7, 11) is 0. The lowest BCUT2D eigenvalue weighted by molar-refractivity contribution is 0.0953. The summed E-state index contributed by atoms with van der Waals surface area (Å²) in [5, 5.41) is 3.01. The molecule has 2 aromatic heterocycles. The SMILES string of the molecule is NNC(=O)c1nc(Cn2c(=O)ccc3ccccc32)cs1. The second-order valence-corrected chi connectivity index (χ2v) is 5.29. The zero-order valence-electron chi connectivity index (χ0n) is 10.9. The number of carbonyl (C=O) groups is 1. The van der Waals surface area contributed by atoms with Crippen molar-refractivity contribution in [2.45, 2.75) is 6.54 Å². The van der Waals surface area contributed by atoms with Crippen molar-refractivity contribution >= 4 is 28.1 Å². The predicted molar refractivity (Wildman–Crippen MR) is 81.1 cm³/mol. The van der Waals surface area contributed by atoms with Crippen molar-refractivity contribution in [1.29, 1.82) is 0 Å². The van der Waals surface area contributed by atoms with Gasteiger partial charge in [0, 0.05) is 11.4 Å². The average molecular weight is 300 g/mol. The Morgan fingerprint density at radius 1 is 1.29 bits per heavy atom. The summed E-state index contributed by atoms with van der Waals surface area (Å²) in [6.07, 6.45) is 0. The van der Waals surface area contributed by atoms with Gasteiger partial charge in [0.1, 0.15) is 0 Å². The Hall–Kier alpha value is -2.51. The van der Waals surface area contributed by atoms with Crippen LogP contribution >= 0.6 is 11.3 Å². The Morgan fingerprint density at radius 3 is 2.90 bits per heavy atom. The largest absolute Gasteiger partial charge is 0.302 e.